The van der Waals surface area contributed by atoms with Gasteiger partial charge in [-0.3, -0.25) is 9.59 Å². The van der Waals surface area contributed by atoms with Gasteiger partial charge in [-0.25, -0.2) is 8.70 Å². The molecule has 0 aliphatic rings. The van der Waals surface area contributed by atoms with Gasteiger partial charge in [-0.15, -0.1) is 0 Å². The molecule has 2 amide bonds. The van der Waals surface area contributed by atoms with Crippen LogP contribution in [0.15, 0.2) is 48.5 Å². The lowest BCUT2D eigenvalue weighted by molar-refractivity contribution is -0.139. The standard InChI is InChI=1S/C24H32ClFN4O4S/c1-6-17(2)27-24(32)18(3)29(15-19-8-7-9-20(25)14-19)23(31)16-30(35(33,34)28(4)5)22-12-10-21(26)11-13-22/h7-14,17-18H,6,15-16H2,1-5H3,(H,27,32)/t17-,18-/m0/s1. The van der Waals surface area contributed by atoms with Crippen LogP contribution in [0.4, 0.5) is 10.1 Å². The maximum absolute atomic E-state index is 13.6. The molecular weight excluding hydrogens is 495 g/mol. The summed E-state index contributed by atoms with van der Waals surface area (Å²) in [5, 5.41) is 3.33. The lowest BCUT2D eigenvalue weighted by atomic mass is 10.1. The Balaban J connectivity index is 2.44. The first kappa shape index (κ1) is 28.5. The van der Waals surface area contributed by atoms with Crippen LogP contribution in [0.2, 0.25) is 5.02 Å². The predicted molar refractivity (Wildman–Crippen MR) is 136 cm³/mol. The van der Waals surface area contributed by atoms with E-state index in [4.69, 9.17) is 11.6 Å². The van der Waals surface area contributed by atoms with E-state index in [2.05, 4.69) is 5.32 Å². The van der Waals surface area contributed by atoms with Crippen molar-refractivity contribution < 1.29 is 22.4 Å². The van der Waals surface area contributed by atoms with Crippen LogP contribution in [0.5, 0.6) is 0 Å². The summed E-state index contributed by atoms with van der Waals surface area (Å²) in [7, 11) is -1.44. The molecule has 2 atom stereocenters. The van der Waals surface area contributed by atoms with Crippen molar-refractivity contribution in [2.45, 2.75) is 45.8 Å². The van der Waals surface area contributed by atoms with Crippen LogP contribution < -0.4 is 9.62 Å². The summed E-state index contributed by atoms with van der Waals surface area (Å²) in [6, 6.07) is 10.7. The van der Waals surface area contributed by atoms with E-state index >= 15 is 0 Å². The normalized spacial score (nSPS) is 13.3. The van der Waals surface area contributed by atoms with Crippen LogP contribution in [-0.2, 0) is 26.3 Å². The molecule has 0 aliphatic heterocycles. The fraction of sp³-hybridized carbons (Fsp3) is 0.417. The zero-order valence-electron chi connectivity index (χ0n) is 20.5. The van der Waals surface area contributed by atoms with E-state index < -0.39 is 34.5 Å². The van der Waals surface area contributed by atoms with Crippen molar-refractivity contribution in [3.05, 3.63) is 64.9 Å². The van der Waals surface area contributed by atoms with E-state index in [1.807, 2.05) is 13.8 Å². The van der Waals surface area contributed by atoms with Gasteiger partial charge < -0.3 is 10.2 Å². The molecule has 0 radical (unpaired) electrons. The highest BCUT2D eigenvalue weighted by Crippen LogP contribution is 2.22. The Bertz CT molecular complexity index is 1130. The molecule has 2 rings (SSSR count). The highest BCUT2D eigenvalue weighted by atomic mass is 35.5. The monoisotopic (exact) mass is 526 g/mol. The second kappa shape index (κ2) is 12.3. The van der Waals surface area contributed by atoms with Crippen LogP contribution >= 0.6 is 11.6 Å². The summed E-state index contributed by atoms with van der Waals surface area (Å²) in [6.07, 6.45) is 0.708. The van der Waals surface area contributed by atoms with Gasteiger partial charge in [0.05, 0.1) is 5.69 Å². The summed E-state index contributed by atoms with van der Waals surface area (Å²) >= 11 is 6.10. The van der Waals surface area contributed by atoms with Crippen LogP contribution in [0, 0.1) is 5.82 Å². The van der Waals surface area contributed by atoms with Crippen molar-refractivity contribution in [1.82, 2.24) is 14.5 Å². The number of nitrogens with zero attached hydrogens (tertiary/aromatic N) is 3. The lowest BCUT2D eigenvalue weighted by Gasteiger charge is -2.33. The first-order valence-electron chi connectivity index (χ1n) is 11.2. The third-order valence-corrected chi connectivity index (χ3v) is 7.60. The molecule has 0 spiro atoms. The molecule has 2 aromatic rings. The van der Waals surface area contributed by atoms with Crippen molar-refractivity contribution in [1.29, 1.82) is 0 Å². The Kier molecular flexibility index (Phi) is 10.1. The minimum atomic E-state index is -4.11. The average Bonchev–Trinajstić information content (AvgIpc) is 2.80. The summed E-state index contributed by atoms with van der Waals surface area (Å²) in [5.74, 6) is -1.51. The Hall–Kier alpha value is -2.69. The molecule has 0 heterocycles. The van der Waals surface area contributed by atoms with Gasteiger partial charge in [0.2, 0.25) is 11.8 Å². The van der Waals surface area contributed by atoms with Crippen LogP contribution in [0.25, 0.3) is 0 Å². The number of amides is 2. The maximum atomic E-state index is 13.6. The number of anilines is 1. The molecule has 0 saturated heterocycles. The fourth-order valence-corrected chi connectivity index (χ4v) is 4.47. The molecule has 0 aromatic heterocycles. The number of nitrogens with one attached hydrogen (secondary N) is 1. The minimum Gasteiger partial charge on any atom is -0.352 e. The van der Waals surface area contributed by atoms with Crippen molar-refractivity contribution in [2.24, 2.45) is 0 Å². The van der Waals surface area contributed by atoms with Gasteiger partial charge in [0, 0.05) is 31.7 Å². The first-order chi connectivity index (χ1) is 16.4. The van der Waals surface area contributed by atoms with E-state index in [-0.39, 0.29) is 24.2 Å². The fourth-order valence-electron chi connectivity index (χ4n) is 3.20. The molecular formula is C24H32ClFN4O4S. The Morgan fingerprint density at radius 2 is 1.71 bits per heavy atom. The molecule has 192 valence electrons. The summed E-state index contributed by atoms with van der Waals surface area (Å²) < 4.78 is 41.5. The SMILES string of the molecule is CC[C@H](C)NC(=O)[C@H](C)N(Cc1cccc(Cl)c1)C(=O)CN(c1ccc(F)cc1)S(=O)(=O)N(C)C. The molecule has 35 heavy (non-hydrogen) atoms. The number of halogens is 2. The Labute approximate surface area is 211 Å². The van der Waals surface area contributed by atoms with Gasteiger partial charge in [-0.2, -0.15) is 12.7 Å². The van der Waals surface area contributed by atoms with Crippen molar-refractivity contribution in [3.8, 4) is 0 Å². The van der Waals surface area contributed by atoms with Gasteiger partial charge in [-0.05, 0) is 62.2 Å². The van der Waals surface area contributed by atoms with E-state index in [1.165, 1.54) is 31.1 Å². The third kappa shape index (κ3) is 7.65. The predicted octanol–water partition coefficient (Wildman–Crippen LogP) is 3.42. The Morgan fingerprint density at radius 1 is 1.09 bits per heavy atom. The average molecular weight is 527 g/mol. The molecule has 0 unspecified atom stereocenters. The number of benzene rings is 2. The summed E-state index contributed by atoms with van der Waals surface area (Å²) in [6.45, 7) is 4.81. The molecule has 0 fully saturated rings. The smallest absolute Gasteiger partial charge is 0.304 e. The van der Waals surface area contributed by atoms with Gasteiger partial charge >= 0.3 is 10.2 Å². The summed E-state index contributed by atoms with van der Waals surface area (Å²) in [5.41, 5.74) is 0.797. The van der Waals surface area contributed by atoms with Gasteiger partial charge in [0.15, 0.2) is 0 Å². The Morgan fingerprint density at radius 3 is 2.26 bits per heavy atom. The lowest BCUT2D eigenvalue weighted by Crippen LogP contribution is -2.53. The highest BCUT2D eigenvalue weighted by molar-refractivity contribution is 7.90. The van der Waals surface area contributed by atoms with E-state index in [1.54, 1.807) is 31.2 Å². The minimum absolute atomic E-state index is 0.0355. The van der Waals surface area contributed by atoms with Gasteiger partial charge in [-0.1, -0.05) is 30.7 Å². The quantitative estimate of drug-likeness (QED) is 0.486. The molecule has 0 saturated carbocycles. The van der Waals surface area contributed by atoms with Crippen molar-refractivity contribution in [3.63, 3.8) is 0 Å². The topological polar surface area (TPSA) is 90.0 Å². The molecule has 11 heteroatoms. The molecule has 2 aromatic carbocycles. The molecule has 8 nitrogen and oxygen atoms in total. The number of rotatable bonds is 11. The largest absolute Gasteiger partial charge is 0.352 e. The zero-order chi connectivity index (χ0) is 26.3. The summed E-state index contributed by atoms with van der Waals surface area (Å²) in [4.78, 5) is 27.8. The molecule has 0 bridgehead atoms. The van der Waals surface area contributed by atoms with Crippen LogP contribution in [0.1, 0.15) is 32.8 Å². The number of carbonyl (C=O) groups is 2. The van der Waals surface area contributed by atoms with Crippen LogP contribution in [-0.4, -0.2) is 62.2 Å². The second-order valence-electron chi connectivity index (χ2n) is 8.42. The van der Waals surface area contributed by atoms with Crippen LogP contribution in [0.3, 0.4) is 0 Å². The molecule has 0 aliphatic carbocycles. The third-order valence-electron chi connectivity index (χ3n) is 5.54. The molecule has 1 N–H and O–H groups in total. The van der Waals surface area contributed by atoms with Gasteiger partial charge in [0.25, 0.3) is 0 Å². The first-order valence-corrected chi connectivity index (χ1v) is 12.9. The maximum Gasteiger partial charge on any atom is 0.304 e. The van der Waals surface area contributed by atoms with E-state index in [0.29, 0.717) is 17.0 Å². The number of hydrogen-bond acceptors (Lipinski definition) is 4. The number of hydrogen-bond donors (Lipinski definition) is 1. The number of carbonyl (C=O) groups excluding carboxylic acids is 2. The van der Waals surface area contributed by atoms with E-state index in [0.717, 1.165) is 20.7 Å². The zero-order valence-corrected chi connectivity index (χ0v) is 22.1. The van der Waals surface area contributed by atoms with Crippen molar-refractivity contribution >= 4 is 39.3 Å². The second-order valence-corrected chi connectivity index (χ2v) is 10.9. The van der Waals surface area contributed by atoms with Gasteiger partial charge in [0.1, 0.15) is 18.4 Å². The van der Waals surface area contributed by atoms with E-state index in [9.17, 15) is 22.4 Å². The highest BCUT2D eigenvalue weighted by Gasteiger charge is 2.32. The van der Waals surface area contributed by atoms with Crippen molar-refractivity contribution in [2.75, 3.05) is 24.9 Å².